The number of carboxylic acid groups (broad SMARTS) is 1. The molecule has 34 heavy (non-hydrogen) atoms. The average molecular weight is 523 g/mol. The number of nitrogens with one attached hydrogen (secondary N) is 2. The minimum Gasteiger partial charge on any atom is -0.481 e. The van der Waals surface area contributed by atoms with Crippen LogP contribution in [0.1, 0.15) is 40.2 Å². The Bertz CT molecular complexity index is 1200. The summed E-state index contributed by atoms with van der Waals surface area (Å²) in [6.45, 7) is 0.469. The molecule has 8 heteroatoms. The van der Waals surface area contributed by atoms with Crippen molar-refractivity contribution in [2.45, 2.75) is 18.8 Å². The van der Waals surface area contributed by atoms with Gasteiger partial charge in [0.25, 0.3) is 5.91 Å². The van der Waals surface area contributed by atoms with Crippen molar-refractivity contribution in [3.05, 3.63) is 87.9 Å². The van der Waals surface area contributed by atoms with E-state index < -0.39 is 12.1 Å². The lowest BCUT2D eigenvalue weighted by molar-refractivity contribution is -0.137. The molecule has 0 aromatic heterocycles. The number of amides is 2. The van der Waals surface area contributed by atoms with Gasteiger partial charge in [0.15, 0.2) is 0 Å². The number of hydrogen-bond acceptors (Lipinski definition) is 4. The minimum atomic E-state index is -0.902. The van der Waals surface area contributed by atoms with Crippen molar-refractivity contribution in [1.29, 1.82) is 0 Å². The molecule has 0 aliphatic heterocycles. The maximum absolute atomic E-state index is 12.5. The van der Waals surface area contributed by atoms with E-state index in [0.29, 0.717) is 22.1 Å². The van der Waals surface area contributed by atoms with Crippen LogP contribution in [0.15, 0.2) is 71.2 Å². The molecule has 3 N–H and O–H groups in total. The molecule has 0 spiro atoms. The normalized spacial score (nSPS) is 11.9. The number of aliphatic carboxylic acids is 1. The molecule has 0 radical (unpaired) electrons. The van der Waals surface area contributed by atoms with Crippen molar-refractivity contribution in [3.8, 4) is 11.1 Å². The number of carbonyl (C=O) groups excluding carboxylic acids is 2. The van der Waals surface area contributed by atoms with Crippen LogP contribution in [0, 0.1) is 0 Å². The van der Waals surface area contributed by atoms with Gasteiger partial charge in [-0.05, 0) is 62.8 Å². The first-order chi connectivity index (χ1) is 16.4. The van der Waals surface area contributed by atoms with Gasteiger partial charge in [-0.2, -0.15) is 0 Å². The molecule has 0 saturated heterocycles. The van der Waals surface area contributed by atoms with Crippen LogP contribution in [0.4, 0.5) is 10.5 Å². The summed E-state index contributed by atoms with van der Waals surface area (Å²) in [7, 11) is 0. The van der Waals surface area contributed by atoms with Crippen LogP contribution in [0.3, 0.4) is 0 Å². The molecule has 0 fully saturated rings. The Balaban J connectivity index is 1.35. The van der Waals surface area contributed by atoms with Gasteiger partial charge in [-0.25, -0.2) is 4.79 Å². The molecule has 0 saturated carbocycles. The Labute approximate surface area is 205 Å². The molecule has 0 heterocycles. The van der Waals surface area contributed by atoms with Crippen molar-refractivity contribution in [2.24, 2.45) is 0 Å². The number of rotatable bonds is 8. The molecule has 1 aliphatic rings. The van der Waals surface area contributed by atoms with Crippen LogP contribution in [0.25, 0.3) is 11.1 Å². The first-order valence-corrected chi connectivity index (χ1v) is 11.6. The van der Waals surface area contributed by atoms with Gasteiger partial charge in [-0.1, -0.05) is 48.5 Å². The summed E-state index contributed by atoms with van der Waals surface area (Å²) in [6.07, 6.45) is -0.246. The van der Waals surface area contributed by atoms with Gasteiger partial charge in [0, 0.05) is 28.9 Å². The first kappa shape index (κ1) is 23.5. The highest BCUT2D eigenvalue weighted by Crippen LogP contribution is 2.44. The monoisotopic (exact) mass is 522 g/mol. The fraction of sp³-hybridized carbons (Fsp3) is 0.192. The van der Waals surface area contributed by atoms with Gasteiger partial charge in [-0.15, -0.1) is 0 Å². The van der Waals surface area contributed by atoms with Crippen molar-refractivity contribution in [1.82, 2.24) is 5.32 Å². The van der Waals surface area contributed by atoms with Crippen LogP contribution in [-0.2, 0) is 9.53 Å². The van der Waals surface area contributed by atoms with Crippen LogP contribution in [-0.4, -0.2) is 36.2 Å². The summed E-state index contributed by atoms with van der Waals surface area (Å²) < 4.78 is 6.09. The molecule has 3 aromatic rings. The predicted octanol–water partition coefficient (Wildman–Crippen LogP) is 5.40. The lowest BCUT2D eigenvalue weighted by Gasteiger charge is -2.15. The zero-order valence-electron chi connectivity index (χ0n) is 18.2. The number of carboxylic acids is 1. The first-order valence-electron chi connectivity index (χ1n) is 10.9. The Hall–Kier alpha value is -3.65. The minimum absolute atomic E-state index is 0.00697. The molecule has 1 aliphatic carbocycles. The number of benzene rings is 3. The van der Waals surface area contributed by atoms with Crippen LogP contribution in [0.5, 0.6) is 0 Å². The summed E-state index contributed by atoms with van der Waals surface area (Å²) in [5, 5.41) is 14.0. The summed E-state index contributed by atoms with van der Waals surface area (Å²) in [5.74, 6) is -1.26. The molecule has 0 unspecified atom stereocenters. The highest BCUT2D eigenvalue weighted by molar-refractivity contribution is 9.10. The van der Waals surface area contributed by atoms with E-state index in [-0.39, 0.29) is 31.4 Å². The Kier molecular flexibility index (Phi) is 7.27. The number of anilines is 1. The van der Waals surface area contributed by atoms with E-state index in [1.165, 1.54) is 0 Å². The Morgan fingerprint density at radius 2 is 1.59 bits per heavy atom. The van der Waals surface area contributed by atoms with Gasteiger partial charge < -0.3 is 15.2 Å². The predicted molar refractivity (Wildman–Crippen MR) is 132 cm³/mol. The van der Waals surface area contributed by atoms with Crippen molar-refractivity contribution < 1.29 is 24.2 Å². The number of carbonyl (C=O) groups is 3. The molecule has 0 atom stereocenters. The Morgan fingerprint density at radius 1 is 0.941 bits per heavy atom. The third kappa shape index (κ3) is 5.28. The fourth-order valence-corrected chi connectivity index (χ4v) is 4.52. The molecule has 4 rings (SSSR count). The highest BCUT2D eigenvalue weighted by Gasteiger charge is 2.29. The maximum atomic E-state index is 12.5. The van der Waals surface area contributed by atoms with Crippen LogP contribution < -0.4 is 10.6 Å². The maximum Gasteiger partial charge on any atom is 0.411 e. The SMILES string of the molecule is O=C(O)CCCNC(=O)c1ccc(NC(=O)OCC2c3ccccc3-c3ccccc32)c(Br)c1. The molecule has 3 aromatic carbocycles. The van der Waals surface area contributed by atoms with E-state index in [1.54, 1.807) is 18.2 Å². The van der Waals surface area contributed by atoms with Gasteiger partial charge in [0.05, 0.1) is 5.69 Å². The second kappa shape index (κ2) is 10.5. The Morgan fingerprint density at radius 3 is 2.21 bits per heavy atom. The van der Waals surface area contributed by atoms with E-state index in [2.05, 4.69) is 50.8 Å². The number of halogens is 1. The average Bonchev–Trinajstić information content (AvgIpc) is 3.15. The topological polar surface area (TPSA) is 105 Å². The van der Waals surface area contributed by atoms with Crippen LogP contribution in [0.2, 0.25) is 0 Å². The smallest absolute Gasteiger partial charge is 0.411 e. The summed E-state index contributed by atoms with van der Waals surface area (Å²) in [5.41, 5.74) is 5.45. The molecule has 7 nitrogen and oxygen atoms in total. The van der Waals surface area contributed by atoms with Crippen molar-refractivity contribution in [2.75, 3.05) is 18.5 Å². The lowest BCUT2D eigenvalue weighted by Crippen LogP contribution is -2.25. The summed E-state index contributed by atoms with van der Waals surface area (Å²) in [4.78, 5) is 35.3. The fourth-order valence-electron chi connectivity index (χ4n) is 4.05. The number of fused-ring (bicyclic) bond motifs is 3. The largest absolute Gasteiger partial charge is 0.481 e. The van der Waals surface area contributed by atoms with Crippen molar-refractivity contribution >= 4 is 39.6 Å². The van der Waals surface area contributed by atoms with Gasteiger partial charge >= 0.3 is 12.1 Å². The second-order valence-electron chi connectivity index (χ2n) is 7.90. The van der Waals surface area contributed by atoms with E-state index in [0.717, 1.165) is 22.3 Å². The van der Waals surface area contributed by atoms with E-state index in [1.807, 2.05) is 24.3 Å². The standard InChI is InChI=1S/C26H23BrN2O5/c27-22-14-16(25(32)28-13-5-10-24(30)31)11-12-23(22)29-26(33)34-15-21-19-8-3-1-6-17(19)18-7-2-4-9-20(18)21/h1-4,6-9,11-12,14,21H,5,10,13,15H2,(H,28,32)(H,29,33)(H,30,31). The van der Waals surface area contributed by atoms with Gasteiger partial charge in [0.2, 0.25) is 0 Å². The van der Waals surface area contributed by atoms with Gasteiger partial charge in [0.1, 0.15) is 6.61 Å². The molecular weight excluding hydrogens is 500 g/mol. The zero-order valence-corrected chi connectivity index (χ0v) is 19.8. The number of ether oxygens (including phenoxy) is 1. The molecular formula is C26H23BrN2O5. The molecule has 174 valence electrons. The molecule has 2 amide bonds. The van der Waals surface area contributed by atoms with Crippen LogP contribution >= 0.6 is 15.9 Å². The summed E-state index contributed by atoms with van der Waals surface area (Å²) in [6, 6.07) is 21.0. The number of hydrogen-bond donors (Lipinski definition) is 3. The van der Waals surface area contributed by atoms with E-state index in [9.17, 15) is 14.4 Å². The van der Waals surface area contributed by atoms with E-state index >= 15 is 0 Å². The van der Waals surface area contributed by atoms with Crippen molar-refractivity contribution in [3.63, 3.8) is 0 Å². The molecule has 0 bridgehead atoms. The highest BCUT2D eigenvalue weighted by atomic mass is 79.9. The zero-order chi connectivity index (χ0) is 24.1. The second-order valence-corrected chi connectivity index (χ2v) is 8.75. The lowest BCUT2D eigenvalue weighted by atomic mass is 9.98. The van der Waals surface area contributed by atoms with E-state index in [4.69, 9.17) is 9.84 Å². The van der Waals surface area contributed by atoms with Gasteiger partial charge in [-0.3, -0.25) is 14.9 Å². The third-order valence-electron chi connectivity index (χ3n) is 5.66. The summed E-state index contributed by atoms with van der Waals surface area (Å²) >= 11 is 3.38. The quantitative estimate of drug-likeness (QED) is 0.343. The third-order valence-corrected chi connectivity index (χ3v) is 6.32.